The Morgan fingerprint density at radius 3 is 2.67 bits per heavy atom. The molecule has 1 heterocycles. The predicted octanol–water partition coefficient (Wildman–Crippen LogP) is 3.74. The number of rotatable bonds is 10. The van der Waals surface area contributed by atoms with Gasteiger partial charge in [0, 0.05) is 32.5 Å². The van der Waals surface area contributed by atoms with E-state index in [1.807, 2.05) is 48.5 Å². The van der Waals surface area contributed by atoms with E-state index >= 15 is 0 Å². The second-order valence-corrected chi connectivity index (χ2v) is 7.57. The van der Waals surface area contributed by atoms with Gasteiger partial charge in [-0.3, -0.25) is 14.2 Å². The van der Waals surface area contributed by atoms with Crippen molar-refractivity contribution in [3.05, 3.63) is 77.6 Å². The number of nitrogens with zero attached hydrogens (tertiary/aromatic N) is 3. The Kier molecular flexibility index (Phi) is 7.82. The highest BCUT2D eigenvalue weighted by Gasteiger charge is 2.17. The van der Waals surface area contributed by atoms with Gasteiger partial charge >= 0.3 is 0 Å². The third-order valence-electron chi connectivity index (χ3n) is 4.56. The molecule has 1 amide bonds. The summed E-state index contributed by atoms with van der Waals surface area (Å²) in [6.07, 6.45) is 2.38. The van der Waals surface area contributed by atoms with Crippen LogP contribution in [0, 0.1) is 0 Å². The molecule has 0 saturated carbocycles. The van der Waals surface area contributed by atoms with E-state index in [1.165, 1.54) is 11.8 Å². The fraction of sp³-hybridized carbons (Fsp3) is 0.261. The summed E-state index contributed by atoms with van der Waals surface area (Å²) < 4.78 is 6.76. The maximum atomic E-state index is 13.0. The first kappa shape index (κ1) is 21.8. The van der Waals surface area contributed by atoms with Crippen LogP contribution in [-0.4, -0.2) is 41.5 Å². The summed E-state index contributed by atoms with van der Waals surface area (Å²) in [6.45, 7) is 5.20. The third kappa shape index (κ3) is 5.17. The number of aromatic nitrogens is 2. The van der Waals surface area contributed by atoms with Crippen molar-refractivity contribution in [2.45, 2.75) is 18.1 Å². The third-order valence-corrected chi connectivity index (χ3v) is 5.52. The average Bonchev–Trinajstić information content (AvgIpc) is 2.78. The number of carbonyl (C=O) groups is 1. The van der Waals surface area contributed by atoms with Crippen LogP contribution in [0.3, 0.4) is 0 Å². The molecule has 30 heavy (non-hydrogen) atoms. The molecule has 7 heteroatoms. The summed E-state index contributed by atoms with van der Waals surface area (Å²) in [4.78, 5) is 32.3. The molecule has 6 nitrogen and oxygen atoms in total. The zero-order valence-electron chi connectivity index (χ0n) is 17.0. The average molecular weight is 424 g/mol. The van der Waals surface area contributed by atoms with Gasteiger partial charge in [-0.25, -0.2) is 4.98 Å². The van der Waals surface area contributed by atoms with Crippen molar-refractivity contribution in [1.29, 1.82) is 0 Å². The van der Waals surface area contributed by atoms with Gasteiger partial charge in [0.2, 0.25) is 5.91 Å². The van der Waals surface area contributed by atoms with Crippen molar-refractivity contribution in [1.82, 2.24) is 9.55 Å². The lowest BCUT2D eigenvalue weighted by Crippen LogP contribution is -2.33. The molecule has 0 aliphatic heterocycles. The molecule has 0 saturated heterocycles. The minimum absolute atomic E-state index is 0.0723. The van der Waals surface area contributed by atoms with Crippen molar-refractivity contribution < 1.29 is 9.53 Å². The number of thioether (sulfide) groups is 1. The number of ether oxygens (including phenoxy) is 1. The Balaban J connectivity index is 1.86. The molecule has 0 atom stereocenters. The first-order valence-electron chi connectivity index (χ1n) is 9.73. The van der Waals surface area contributed by atoms with Gasteiger partial charge in [-0.1, -0.05) is 48.2 Å². The Hall–Kier alpha value is -2.90. The first-order chi connectivity index (χ1) is 14.7. The van der Waals surface area contributed by atoms with Gasteiger partial charge in [-0.2, -0.15) is 0 Å². The molecule has 0 N–H and O–H groups in total. The van der Waals surface area contributed by atoms with Gasteiger partial charge in [0.15, 0.2) is 5.16 Å². The van der Waals surface area contributed by atoms with Crippen molar-refractivity contribution in [2.75, 3.05) is 30.9 Å². The topological polar surface area (TPSA) is 64.4 Å². The van der Waals surface area contributed by atoms with E-state index in [4.69, 9.17) is 4.74 Å². The fourth-order valence-corrected chi connectivity index (χ4v) is 4.02. The molecule has 0 spiro atoms. The van der Waals surface area contributed by atoms with Gasteiger partial charge < -0.3 is 9.64 Å². The molecular weight excluding hydrogens is 398 g/mol. The van der Waals surface area contributed by atoms with Crippen LogP contribution in [-0.2, 0) is 16.1 Å². The monoisotopic (exact) mass is 423 g/mol. The highest BCUT2D eigenvalue weighted by Crippen LogP contribution is 2.21. The lowest BCUT2D eigenvalue weighted by molar-refractivity contribution is -0.116. The largest absolute Gasteiger partial charge is 0.385 e. The van der Waals surface area contributed by atoms with Gasteiger partial charge in [0.25, 0.3) is 5.56 Å². The SMILES string of the molecule is C=CCN(C(=O)CSc1nc2ccccc2c(=O)n1CCCOC)c1ccccc1. The Morgan fingerprint density at radius 2 is 1.93 bits per heavy atom. The molecule has 0 unspecified atom stereocenters. The fourth-order valence-electron chi connectivity index (χ4n) is 3.11. The van der Waals surface area contributed by atoms with Crippen molar-refractivity contribution in [3.63, 3.8) is 0 Å². The second-order valence-electron chi connectivity index (χ2n) is 6.63. The van der Waals surface area contributed by atoms with E-state index in [2.05, 4.69) is 11.6 Å². The summed E-state index contributed by atoms with van der Waals surface area (Å²) in [7, 11) is 1.63. The molecule has 0 aliphatic rings. The molecule has 0 fully saturated rings. The van der Waals surface area contributed by atoms with Crippen LogP contribution in [0.4, 0.5) is 5.69 Å². The van der Waals surface area contributed by atoms with Crippen molar-refractivity contribution in [3.8, 4) is 0 Å². The van der Waals surface area contributed by atoms with Crippen LogP contribution in [0.1, 0.15) is 6.42 Å². The minimum Gasteiger partial charge on any atom is -0.385 e. The minimum atomic E-state index is -0.0994. The maximum absolute atomic E-state index is 13.0. The molecule has 3 rings (SSSR count). The van der Waals surface area contributed by atoms with E-state index < -0.39 is 0 Å². The van der Waals surface area contributed by atoms with E-state index in [1.54, 1.807) is 28.7 Å². The lowest BCUT2D eigenvalue weighted by atomic mass is 10.2. The number of benzene rings is 2. The Morgan fingerprint density at radius 1 is 1.20 bits per heavy atom. The number of anilines is 1. The number of carbonyl (C=O) groups excluding carboxylic acids is 1. The standard InChI is InChI=1S/C23H25N3O3S/c1-3-14-25(18-10-5-4-6-11-18)21(27)17-30-23-24-20-13-8-7-12-19(20)22(28)26(23)15-9-16-29-2/h3-8,10-13H,1,9,14-17H2,2H3. The van der Waals surface area contributed by atoms with Crippen LogP contribution in [0.25, 0.3) is 10.9 Å². The first-order valence-corrected chi connectivity index (χ1v) is 10.7. The number of methoxy groups -OCH3 is 1. The Labute approximate surface area is 180 Å². The van der Waals surface area contributed by atoms with Crippen LogP contribution < -0.4 is 10.5 Å². The van der Waals surface area contributed by atoms with Gasteiger partial charge in [0.05, 0.1) is 16.7 Å². The molecule has 156 valence electrons. The molecule has 0 radical (unpaired) electrons. The lowest BCUT2D eigenvalue weighted by Gasteiger charge is -2.21. The smallest absolute Gasteiger partial charge is 0.262 e. The van der Waals surface area contributed by atoms with Gasteiger partial charge in [-0.05, 0) is 30.7 Å². The molecule has 1 aromatic heterocycles. The molecule has 0 aliphatic carbocycles. The number of amides is 1. The maximum Gasteiger partial charge on any atom is 0.262 e. The van der Waals surface area contributed by atoms with E-state index in [0.717, 1.165) is 5.69 Å². The van der Waals surface area contributed by atoms with Gasteiger partial charge in [0.1, 0.15) is 0 Å². The molecule has 2 aromatic carbocycles. The van der Waals surface area contributed by atoms with Crippen LogP contribution in [0.5, 0.6) is 0 Å². The molecular formula is C23H25N3O3S. The summed E-state index contributed by atoms with van der Waals surface area (Å²) >= 11 is 1.28. The van der Waals surface area contributed by atoms with Crippen molar-refractivity contribution in [2.24, 2.45) is 0 Å². The second kappa shape index (κ2) is 10.8. The van der Waals surface area contributed by atoms with E-state index in [9.17, 15) is 9.59 Å². The highest BCUT2D eigenvalue weighted by molar-refractivity contribution is 7.99. The van der Waals surface area contributed by atoms with E-state index in [0.29, 0.717) is 42.2 Å². The quantitative estimate of drug-likeness (QED) is 0.215. The number of hydrogen-bond acceptors (Lipinski definition) is 5. The molecule has 0 bridgehead atoms. The van der Waals surface area contributed by atoms with Crippen LogP contribution >= 0.6 is 11.8 Å². The number of hydrogen-bond donors (Lipinski definition) is 0. The Bertz CT molecular complexity index is 1070. The number of fused-ring (bicyclic) bond motifs is 1. The molecule has 3 aromatic rings. The normalized spacial score (nSPS) is 10.8. The number of para-hydroxylation sites is 2. The summed E-state index contributed by atoms with van der Waals surface area (Å²) in [5.74, 6) is 0.0922. The zero-order valence-corrected chi connectivity index (χ0v) is 17.8. The zero-order chi connectivity index (χ0) is 21.3. The van der Waals surface area contributed by atoms with Crippen molar-refractivity contribution >= 4 is 34.3 Å². The highest BCUT2D eigenvalue weighted by atomic mass is 32.2. The summed E-state index contributed by atoms with van der Waals surface area (Å²) in [5.41, 5.74) is 1.34. The summed E-state index contributed by atoms with van der Waals surface area (Å²) in [6, 6.07) is 16.7. The summed E-state index contributed by atoms with van der Waals surface area (Å²) in [5, 5.41) is 1.11. The van der Waals surface area contributed by atoms with Crippen LogP contribution in [0.2, 0.25) is 0 Å². The predicted molar refractivity (Wildman–Crippen MR) is 122 cm³/mol. The van der Waals surface area contributed by atoms with E-state index in [-0.39, 0.29) is 17.2 Å². The van der Waals surface area contributed by atoms with Crippen LogP contribution in [0.15, 0.2) is 77.2 Å². The van der Waals surface area contributed by atoms with Gasteiger partial charge in [-0.15, -0.1) is 6.58 Å².